The fourth-order valence-electron chi connectivity index (χ4n) is 2.31. The molecule has 1 atom stereocenters. The van der Waals surface area contributed by atoms with Crippen LogP contribution in [0.2, 0.25) is 0 Å². The molecule has 4 nitrogen and oxygen atoms in total. The van der Waals surface area contributed by atoms with Crippen molar-refractivity contribution in [2.24, 2.45) is 5.92 Å². The first-order chi connectivity index (χ1) is 6.90. The van der Waals surface area contributed by atoms with Crippen LogP contribution in [0, 0.1) is 5.92 Å². The van der Waals surface area contributed by atoms with Crippen LogP contribution in [0.1, 0.15) is 37.5 Å². The zero-order chi connectivity index (χ0) is 9.54. The van der Waals surface area contributed by atoms with Crippen LogP contribution < -0.4 is 5.32 Å². The minimum atomic E-state index is 0.483. The van der Waals surface area contributed by atoms with E-state index in [9.17, 15) is 0 Å². The Labute approximate surface area is 83.7 Å². The van der Waals surface area contributed by atoms with Gasteiger partial charge in [0, 0.05) is 19.5 Å². The molecule has 0 aromatic carbocycles. The zero-order valence-electron chi connectivity index (χ0n) is 8.53. The summed E-state index contributed by atoms with van der Waals surface area (Å²) in [6, 6.07) is 0.483. The van der Waals surface area contributed by atoms with Gasteiger partial charge in [-0.3, -0.25) is 0 Å². The lowest BCUT2D eigenvalue weighted by atomic mass is 10.1. The van der Waals surface area contributed by atoms with E-state index >= 15 is 0 Å². The molecule has 1 aromatic heterocycles. The lowest BCUT2D eigenvalue weighted by molar-refractivity contribution is 0.377. The first-order valence-electron chi connectivity index (χ1n) is 5.55. The van der Waals surface area contributed by atoms with Crippen LogP contribution in [0.15, 0.2) is 0 Å². The SMILES string of the molecule is CCc1nnc2n1CCNC2C1CC1. The maximum atomic E-state index is 4.32. The van der Waals surface area contributed by atoms with Gasteiger partial charge in [0.1, 0.15) is 5.82 Å². The van der Waals surface area contributed by atoms with Crippen molar-refractivity contribution in [3.8, 4) is 0 Å². The van der Waals surface area contributed by atoms with Crippen LogP contribution >= 0.6 is 0 Å². The largest absolute Gasteiger partial charge is 0.312 e. The molecular weight excluding hydrogens is 176 g/mol. The maximum Gasteiger partial charge on any atom is 0.150 e. The van der Waals surface area contributed by atoms with Crippen LogP contribution in [0.3, 0.4) is 0 Å². The minimum Gasteiger partial charge on any atom is -0.312 e. The molecule has 0 spiro atoms. The van der Waals surface area contributed by atoms with Crippen LogP contribution in [0.4, 0.5) is 0 Å². The summed E-state index contributed by atoms with van der Waals surface area (Å²) in [5, 5.41) is 12.1. The van der Waals surface area contributed by atoms with E-state index in [0.29, 0.717) is 6.04 Å². The van der Waals surface area contributed by atoms with Crippen molar-refractivity contribution in [2.75, 3.05) is 6.54 Å². The van der Waals surface area contributed by atoms with Crippen molar-refractivity contribution in [3.05, 3.63) is 11.6 Å². The average molecular weight is 192 g/mol. The normalized spacial score (nSPS) is 26.2. The molecule has 2 aliphatic rings. The summed E-state index contributed by atoms with van der Waals surface area (Å²) in [4.78, 5) is 0. The van der Waals surface area contributed by atoms with E-state index < -0.39 is 0 Å². The summed E-state index contributed by atoms with van der Waals surface area (Å²) in [5.41, 5.74) is 0. The smallest absolute Gasteiger partial charge is 0.150 e. The van der Waals surface area contributed by atoms with Gasteiger partial charge in [-0.1, -0.05) is 6.92 Å². The monoisotopic (exact) mass is 192 g/mol. The standard InChI is InChI=1S/C10H16N4/c1-2-8-12-13-10-9(7-3-4-7)11-5-6-14(8)10/h7,9,11H,2-6H2,1H3. The molecule has 1 unspecified atom stereocenters. The number of aryl methyl sites for hydroxylation is 1. The molecule has 14 heavy (non-hydrogen) atoms. The Hall–Kier alpha value is -0.900. The second kappa shape index (κ2) is 3.05. The Kier molecular flexibility index (Phi) is 1.83. The summed E-state index contributed by atoms with van der Waals surface area (Å²) < 4.78 is 2.31. The first kappa shape index (κ1) is 8.41. The van der Waals surface area contributed by atoms with E-state index in [-0.39, 0.29) is 0 Å². The van der Waals surface area contributed by atoms with E-state index in [0.717, 1.165) is 31.3 Å². The molecule has 1 aromatic rings. The van der Waals surface area contributed by atoms with Gasteiger partial charge >= 0.3 is 0 Å². The number of nitrogens with one attached hydrogen (secondary N) is 1. The van der Waals surface area contributed by atoms with Gasteiger partial charge in [-0.25, -0.2) is 0 Å². The van der Waals surface area contributed by atoms with Crippen LogP contribution in [0.25, 0.3) is 0 Å². The topological polar surface area (TPSA) is 42.7 Å². The molecule has 3 rings (SSSR count). The van der Waals surface area contributed by atoms with Gasteiger partial charge in [0.05, 0.1) is 6.04 Å². The zero-order valence-corrected chi connectivity index (χ0v) is 8.53. The molecular formula is C10H16N4. The number of hydrogen-bond acceptors (Lipinski definition) is 3. The van der Waals surface area contributed by atoms with Gasteiger partial charge in [-0.15, -0.1) is 10.2 Å². The number of fused-ring (bicyclic) bond motifs is 1. The predicted octanol–water partition coefficient (Wildman–Crippen LogP) is 0.895. The van der Waals surface area contributed by atoms with Crippen molar-refractivity contribution in [1.82, 2.24) is 20.1 Å². The molecule has 2 heterocycles. The molecule has 0 bridgehead atoms. The molecule has 0 amide bonds. The molecule has 0 radical (unpaired) electrons. The van der Waals surface area contributed by atoms with Crippen molar-refractivity contribution in [1.29, 1.82) is 0 Å². The van der Waals surface area contributed by atoms with Crippen LogP contribution in [-0.4, -0.2) is 21.3 Å². The summed E-state index contributed by atoms with van der Waals surface area (Å²) in [5.74, 6) is 3.14. The molecule has 1 fully saturated rings. The van der Waals surface area contributed by atoms with Crippen molar-refractivity contribution < 1.29 is 0 Å². The summed E-state index contributed by atoms with van der Waals surface area (Å²) in [6.45, 7) is 4.25. The maximum absolute atomic E-state index is 4.32. The second-order valence-electron chi connectivity index (χ2n) is 4.25. The van der Waals surface area contributed by atoms with Gasteiger partial charge in [-0.2, -0.15) is 0 Å². The van der Waals surface area contributed by atoms with Gasteiger partial charge in [0.25, 0.3) is 0 Å². The minimum absolute atomic E-state index is 0.483. The summed E-state index contributed by atoms with van der Waals surface area (Å²) >= 11 is 0. The van der Waals surface area contributed by atoms with Crippen LogP contribution in [-0.2, 0) is 13.0 Å². The highest BCUT2D eigenvalue weighted by molar-refractivity contribution is 5.08. The fourth-order valence-corrected chi connectivity index (χ4v) is 2.31. The molecule has 4 heteroatoms. The van der Waals surface area contributed by atoms with Gasteiger partial charge < -0.3 is 9.88 Å². The van der Waals surface area contributed by atoms with E-state index in [1.165, 1.54) is 18.7 Å². The molecule has 1 saturated carbocycles. The first-order valence-corrected chi connectivity index (χ1v) is 5.55. The van der Waals surface area contributed by atoms with E-state index in [1.807, 2.05) is 0 Å². The van der Waals surface area contributed by atoms with E-state index in [1.54, 1.807) is 0 Å². The Balaban J connectivity index is 1.97. The third kappa shape index (κ3) is 1.17. The third-order valence-corrected chi connectivity index (χ3v) is 3.24. The Morgan fingerprint density at radius 2 is 2.29 bits per heavy atom. The quantitative estimate of drug-likeness (QED) is 0.757. The number of aromatic nitrogens is 3. The van der Waals surface area contributed by atoms with Crippen molar-refractivity contribution in [2.45, 2.75) is 38.8 Å². The van der Waals surface area contributed by atoms with Crippen molar-refractivity contribution in [3.63, 3.8) is 0 Å². The second-order valence-corrected chi connectivity index (χ2v) is 4.25. The highest BCUT2D eigenvalue weighted by Gasteiger charge is 2.37. The molecule has 1 aliphatic heterocycles. The van der Waals surface area contributed by atoms with Gasteiger partial charge in [0.15, 0.2) is 5.82 Å². The van der Waals surface area contributed by atoms with Crippen LogP contribution in [0.5, 0.6) is 0 Å². The fraction of sp³-hybridized carbons (Fsp3) is 0.800. The van der Waals surface area contributed by atoms with E-state index in [2.05, 4.69) is 27.0 Å². The number of nitrogens with zero attached hydrogens (tertiary/aromatic N) is 3. The molecule has 76 valence electrons. The number of rotatable bonds is 2. The predicted molar refractivity (Wildman–Crippen MR) is 52.9 cm³/mol. The summed E-state index contributed by atoms with van der Waals surface area (Å²) in [7, 11) is 0. The Bertz CT molecular complexity index is 340. The lowest BCUT2D eigenvalue weighted by Crippen LogP contribution is -2.35. The van der Waals surface area contributed by atoms with Crippen molar-refractivity contribution >= 4 is 0 Å². The highest BCUT2D eigenvalue weighted by Crippen LogP contribution is 2.41. The lowest BCUT2D eigenvalue weighted by Gasteiger charge is -2.24. The highest BCUT2D eigenvalue weighted by atomic mass is 15.3. The molecule has 0 saturated heterocycles. The third-order valence-electron chi connectivity index (χ3n) is 3.24. The Morgan fingerprint density at radius 1 is 1.43 bits per heavy atom. The van der Waals surface area contributed by atoms with E-state index in [4.69, 9.17) is 0 Å². The van der Waals surface area contributed by atoms with Gasteiger partial charge in [-0.05, 0) is 18.8 Å². The Morgan fingerprint density at radius 3 is 3.00 bits per heavy atom. The summed E-state index contributed by atoms with van der Waals surface area (Å²) in [6.07, 6.45) is 3.70. The average Bonchev–Trinajstić information content (AvgIpc) is 2.97. The van der Waals surface area contributed by atoms with Gasteiger partial charge in [0.2, 0.25) is 0 Å². The molecule has 1 aliphatic carbocycles. The molecule has 1 N–H and O–H groups in total. The number of hydrogen-bond donors (Lipinski definition) is 1.